The predicted molar refractivity (Wildman–Crippen MR) is 90.0 cm³/mol. The van der Waals surface area contributed by atoms with Crippen molar-refractivity contribution >= 4 is 28.7 Å². The lowest BCUT2D eigenvalue weighted by atomic mass is 10.2. The van der Waals surface area contributed by atoms with Crippen molar-refractivity contribution in [2.24, 2.45) is 0 Å². The van der Waals surface area contributed by atoms with Gasteiger partial charge in [-0.25, -0.2) is 18.9 Å². The summed E-state index contributed by atoms with van der Waals surface area (Å²) in [7, 11) is 0. The second kappa shape index (κ2) is 5.42. The highest BCUT2D eigenvalue weighted by atomic mass is 19.1. The minimum Gasteiger partial charge on any atom is -0.504 e. The van der Waals surface area contributed by atoms with E-state index in [1.165, 1.54) is 12.1 Å². The molecular weight excluding hydrogens is 307 g/mol. The Kier molecular flexibility index (Phi) is 3.23. The molecule has 0 amide bonds. The molecule has 4 aromatic rings. The van der Waals surface area contributed by atoms with Gasteiger partial charge in [-0.1, -0.05) is 6.07 Å². The minimum absolute atomic E-state index is 0.0820. The molecule has 0 aliphatic heterocycles. The van der Waals surface area contributed by atoms with Crippen molar-refractivity contribution in [2.45, 2.75) is 6.92 Å². The molecule has 6 heteroatoms. The van der Waals surface area contributed by atoms with Gasteiger partial charge in [-0.3, -0.25) is 0 Å². The predicted octanol–water partition coefficient (Wildman–Crippen LogP) is 3.60. The lowest BCUT2D eigenvalue weighted by Crippen LogP contribution is -1.92. The molecule has 0 spiro atoms. The molecule has 0 bridgehead atoms. The minimum atomic E-state index is -0.281. The number of fused-ring (bicyclic) bond motifs is 2. The zero-order chi connectivity index (χ0) is 16.7. The Morgan fingerprint density at radius 2 is 1.92 bits per heavy atom. The fraction of sp³-hybridized carbons (Fsp3) is 0.0556. The van der Waals surface area contributed by atoms with Crippen molar-refractivity contribution in [3.63, 3.8) is 0 Å². The molecule has 0 aliphatic carbocycles. The SMILES string of the molecule is Cc1ccc(O)c2nc(/C=C/c3ccc4cc(F)ccc4n3)nn12. The first-order valence-corrected chi connectivity index (χ1v) is 7.40. The number of aromatic nitrogens is 4. The van der Waals surface area contributed by atoms with Gasteiger partial charge < -0.3 is 5.11 Å². The van der Waals surface area contributed by atoms with Crippen LogP contribution in [0.2, 0.25) is 0 Å². The van der Waals surface area contributed by atoms with Crippen LogP contribution in [0.5, 0.6) is 5.75 Å². The third kappa shape index (κ3) is 2.48. The molecule has 3 aromatic heterocycles. The Labute approximate surface area is 136 Å². The van der Waals surface area contributed by atoms with Gasteiger partial charge in [-0.2, -0.15) is 0 Å². The first-order valence-electron chi connectivity index (χ1n) is 7.40. The van der Waals surface area contributed by atoms with Crippen LogP contribution in [-0.2, 0) is 0 Å². The van der Waals surface area contributed by atoms with E-state index < -0.39 is 0 Å². The third-order valence-corrected chi connectivity index (χ3v) is 3.75. The van der Waals surface area contributed by atoms with Crippen LogP contribution >= 0.6 is 0 Å². The number of hydrogen-bond donors (Lipinski definition) is 1. The van der Waals surface area contributed by atoms with Crippen molar-refractivity contribution < 1.29 is 9.50 Å². The van der Waals surface area contributed by atoms with Gasteiger partial charge >= 0.3 is 0 Å². The van der Waals surface area contributed by atoms with Crippen molar-refractivity contribution in [3.05, 3.63) is 65.5 Å². The summed E-state index contributed by atoms with van der Waals surface area (Å²) in [5.41, 5.74) is 2.72. The second-order valence-electron chi connectivity index (χ2n) is 5.47. The van der Waals surface area contributed by atoms with Gasteiger partial charge in [0.15, 0.2) is 17.2 Å². The number of aromatic hydroxyl groups is 1. The van der Waals surface area contributed by atoms with Gasteiger partial charge in [0, 0.05) is 11.1 Å². The van der Waals surface area contributed by atoms with Crippen LogP contribution in [0.3, 0.4) is 0 Å². The number of halogens is 1. The highest BCUT2D eigenvalue weighted by Gasteiger charge is 2.07. The molecule has 24 heavy (non-hydrogen) atoms. The molecule has 0 radical (unpaired) electrons. The monoisotopic (exact) mass is 320 g/mol. The van der Waals surface area contributed by atoms with Crippen molar-refractivity contribution in [2.75, 3.05) is 0 Å². The Morgan fingerprint density at radius 1 is 1.04 bits per heavy atom. The first-order chi connectivity index (χ1) is 11.6. The smallest absolute Gasteiger partial charge is 0.198 e. The Morgan fingerprint density at radius 3 is 2.75 bits per heavy atom. The largest absolute Gasteiger partial charge is 0.504 e. The standard InChI is InChI=1S/C18H13FN4O/c1-11-2-8-16(24)18-21-17(22-23(11)18)9-6-14-5-3-12-10-13(19)4-7-15(12)20-14/h2-10,24H,1H3/b9-6+. The number of rotatable bonds is 2. The van der Waals surface area contributed by atoms with Crippen molar-refractivity contribution in [1.29, 1.82) is 0 Å². The summed E-state index contributed by atoms with van der Waals surface area (Å²) in [6.07, 6.45) is 3.51. The maximum atomic E-state index is 13.2. The lowest BCUT2D eigenvalue weighted by molar-refractivity contribution is 0.476. The number of hydrogen-bond acceptors (Lipinski definition) is 4. The van der Waals surface area contributed by atoms with Gasteiger partial charge in [0.05, 0.1) is 11.2 Å². The first kappa shape index (κ1) is 14.3. The molecule has 5 nitrogen and oxygen atoms in total. The van der Waals surface area contributed by atoms with Crippen LogP contribution in [0.1, 0.15) is 17.2 Å². The van der Waals surface area contributed by atoms with Crippen LogP contribution < -0.4 is 0 Å². The summed E-state index contributed by atoms with van der Waals surface area (Å²) in [6.45, 7) is 1.89. The molecule has 118 valence electrons. The van der Waals surface area contributed by atoms with Crippen LogP contribution in [0.25, 0.3) is 28.7 Å². The van der Waals surface area contributed by atoms with Gasteiger partial charge in [-0.05, 0) is 55.5 Å². The number of pyridine rings is 2. The van der Waals surface area contributed by atoms with E-state index in [-0.39, 0.29) is 11.6 Å². The summed E-state index contributed by atoms with van der Waals surface area (Å²) in [6, 6.07) is 11.5. The van der Waals surface area contributed by atoms with Gasteiger partial charge in [0.2, 0.25) is 0 Å². The molecule has 0 saturated carbocycles. The van der Waals surface area contributed by atoms with Gasteiger partial charge in [0.25, 0.3) is 0 Å². The highest BCUT2D eigenvalue weighted by molar-refractivity contribution is 5.80. The molecule has 0 fully saturated rings. The van der Waals surface area contributed by atoms with E-state index >= 15 is 0 Å². The second-order valence-corrected chi connectivity index (χ2v) is 5.47. The quantitative estimate of drug-likeness (QED) is 0.613. The van der Waals surface area contributed by atoms with E-state index in [2.05, 4.69) is 15.1 Å². The Bertz CT molecular complexity index is 1060. The Balaban J connectivity index is 1.71. The molecule has 3 heterocycles. The normalized spacial score (nSPS) is 11.8. The van der Waals surface area contributed by atoms with E-state index in [1.54, 1.807) is 40.9 Å². The lowest BCUT2D eigenvalue weighted by Gasteiger charge is -1.98. The molecule has 1 aromatic carbocycles. The van der Waals surface area contributed by atoms with E-state index in [9.17, 15) is 9.50 Å². The van der Waals surface area contributed by atoms with E-state index in [4.69, 9.17) is 0 Å². The zero-order valence-electron chi connectivity index (χ0n) is 12.8. The summed E-state index contributed by atoms with van der Waals surface area (Å²) >= 11 is 0. The third-order valence-electron chi connectivity index (χ3n) is 3.75. The average Bonchev–Trinajstić information content (AvgIpc) is 3.02. The molecule has 4 rings (SSSR count). The fourth-order valence-corrected chi connectivity index (χ4v) is 2.52. The average molecular weight is 320 g/mol. The highest BCUT2D eigenvalue weighted by Crippen LogP contribution is 2.19. The van der Waals surface area contributed by atoms with Crippen LogP contribution in [0.4, 0.5) is 4.39 Å². The number of benzene rings is 1. The summed E-state index contributed by atoms with van der Waals surface area (Å²) in [4.78, 5) is 8.75. The fourth-order valence-electron chi connectivity index (χ4n) is 2.52. The maximum Gasteiger partial charge on any atom is 0.198 e. The number of aryl methyl sites for hydroxylation is 1. The van der Waals surface area contributed by atoms with Gasteiger partial charge in [0.1, 0.15) is 5.82 Å². The van der Waals surface area contributed by atoms with Crippen molar-refractivity contribution in [1.82, 2.24) is 19.6 Å². The van der Waals surface area contributed by atoms with E-state index in [0.29, 0.717) is 17.2 Å². The van der Waals surface area contributed by atoms with Crippen LogP contribution in [0.15, 0.2) is 42.5 Å². The van der Waals surface area contributed by atoms with E-state index in [0.717, 1.165) is 16.6 Å². The van der Waals surface area contributed by atoms with E-state index in [1.807, 2.05) is 13.0 Å². The van der Waals surface area contributed by atoms with Crippen LogP contribution in [-0.4, -0.2) is 24.7 Å². The topological polar surface area (TPSA) is 63.3 Å². The van der Waals surface area contributed by atoms with Crippen LogP contribution in [0, 0.1) is 12.7 Å². The maximum absolute atomic E-state index is 13.2. The molecular formula is C18H13FN4O. The molecule has 0 saturated heterocycles. The van der Waals surface area contributed by atoms with Crippen molar-refractivity contribution in [3.8, 4) is 5.75 Å². The molecule has 0 atom stereocenters. The zero-order valence-corrected chi connectivity index (χ0v) is 12.8. The molecule has 1 N–H and O–H groups in total. The summed E-state index contributed by atoms with van der Waals surface area (Å²) in [5.74, 6) is 0.274. The number of nitrogens with zero attached hydrogens (tertiary/aromatic N) is 4. The summed E-state index contributed by atoms with van der Waals surface area (Å²) in [5, 5.41) is 14.9. The molecule has 0 aliphatic rings. The van der Waals surface area contributed by atoms with Gasteiger partial charge in [-0.15, -0.1) is 5.10 Å². The Hall–Kier alpha value is -3.28. The summed E-state index contributed by atoms with van der Waals surface area (Å²) < 4.78 is 14.8. The molecule has 0 unspecified atom stereocenters.